The highest BCUT2D eigenvalue weighted by Gasteiger charge is 2.14. The smallest absolute Gasteiger partial charge is 0.252 e. The molecule has 0 aliphatic heterocycles. The zero-order valence-electron chi connectivity index (χ0n) is 11.6. The molecule has 1 amide bonds. The highest BCUT2D eigenvalue weighted by atomic mass is 16.1. The number of carbonyl (C=O) groups excluding carboxylic acids is 1. The maximum atomic E-state index is 12.2. The lowest BCUT2D eigenvalue weighted by atomic mass is 10.1. The molecule has 4 N–H and O–H groups in total. The molecule has 0 saturated heterocycles. The van der Waals surface area contributed by atoms with E-state index < -0.39 is 0 Å². The summed E-state index contributed by atoms with van der Waals surface area (Å²) in [6, 6.07) is 3.08. The Morgan fingerprint density at radius 3 is 2.95 bits per heavy atom. The van der Waals surface area contributed by atoms with E-state index >= 15 is 0 Å². The number of nitrogens with one attached hydrogen (secondary N) is 2. The van der Waals surface area contributed by atoms with Gasteiger partial charge in [-0.3, -0.25) is 9.89 Å². The van der Waals surface area contributed by atoms with Crippen molar-refractivity contribution in [2.75, 3.05) is 5.73 Å². The van der Waals surface area contributed by atoms with Crippen LogP contribution in [0, 0.1) is 0 Å². The summed E-state index contributed by atoms with van der Waals surface area (Å²) in [7, 11) is 0. The molecular formula is C13H18N6O. The predicted octanol–water partition coefficient (Wildman–Crippen LogP) is 1.23. The largest absolute Gasteiger partial charge is 0.384 e. The average molecular weight is 274 g/mol. The van der Waals surface area contributed by atoms with Gasteiger partial charge in [0.25, 0.3) is 5.91 Å². The highest BCUT2D eigenvalue weighted by Crippen LogP contribution is 2.12. The Labute approximate surface area is 117 Å². The van der Waals surface area contributed by atoms with E-state index in [0.717, 1.165) is 18.5 Å². The molecule has 20 heavy (non-hydrogen) atoms. The summed E-state index contributed by atoms with van der Waals surface area (Å²) >= 11 is 0. The molecule has 0 aliphatic rings. The molecular weight excluding hydrogens is 256 g/mol. The minimum absolute atomic E-state index is 0.208. The number of aryl methyl sites for hydroxylation is 1. The minimum atomic E-state index is -0.256. The van der Waals surface area contributed by atoms with Crippen LogP contribution in [0.1, 0.15) is 48.2 Å². The normalized spacial score (nSPS) is 12.1. The van der Waals surface area contributed by atoms with Crippen LogP contribution < -0.4 is 11.1 Å². The second kappa shape index (κ2) is 6.14. The molecule has 7 heteroatoms. The van der Waals surface area contributed by atoms with E-state index in [1.54, 1.807) is 12.1 Å². The third-order valence-electron chi connectivity index (χ3n) is 2.86. The van der Waals surface area contributed by atoms with Crippen LogP contribution in [0.15, 0.2) is 18.5 Å². The molecule has 0 radical (unpaired) electrons. The lowest BCUT2D eigenvalue weighted by Gasteiger charge is -2.12. The Morgan fingerprint density at radius 1 is 1.50 bits per heavy atom. The van der Waals surface area contributed by atoms with Crippen molar-refractivity contribution in [2.24, 2.45) is 0 Å². The maximum absolute atomic E-state index is 12.2. The predicted molar refractivity (Wildman–Crippen MR) is 74.9 cm³/mol. The van der Waals surface area contributed by atoms with E-state index in [9.17, 15) is 4.79 Å². The van der Waals surface area contributed by atoms with Gasteiger partial charge in [0.1, 0.15) is 18.0 Å². The number of hydrogen-bond acceptors (Lipinski definition) is 5. The van der Waals surface area contributed by atoms with Gasteiger partial charge in [-0.15, -0.1) is 0 Å². The summed E-state index contributed by atoms with van der Waals surface area (Å²) < 4.78 is 0. The second-order valence-corrected chi connectivity index (χ2v) is 4.59. The third-order valence-corrected chi connectivity index (χ3v) is 2.86. The van der Waals surface area contributed by atoms with Gasteiger partial charge in [0, 0.05) is 11.3 Å². The van der Waals surface area contributed by atoms with E-state index in [0.29, 0.717) is 17.2 Å². The van der Waals surface area contributed by atoms with Crippen LogP contribution in [-0.2, 0) is 6.42 Å². The Balaban J connectivity index is 2.12. The van der Waals surface area contributed by atoms with Crippen LogP contribution in [-0.4, -0.2) is 26.1 Å². The molecule has 0 bridgehead atoms. The second-order valence-electron chi connectivity index (χ2n) is 4.59. The van der Waals surface area contributed by atoms with Crippen molar-refractivity contribution in [3.63, 3.8) is 0 Å². The van der Waals surface area contributed by atoms with Crippen molar-refractivity contribution in [2.45, 2.75) is 32.7 Å². The molecule has 0 aliphatic carbocycles. The minimum Gasteiger partial charge on any atom is -0.384 e. The van der Waals surface area contributed by atoms with Gasteiger partial charge in [-0.1, -0.05) is 13.3 Å². The fraction of sp³-hybridized carbons (Fsp3) is 0.385. The lowest BCUT2D eigenvalue weighted by Crippen LogP contribution is -2.27. The number of anilines is 1. The zero-order valence-corrected chi connectivity index (χ0v) is 11.6. The van der Waals surface area contributed by atoms with Gasteiger partial charge in [0.15, 0.2) is 0 Å². The molecule has 2 heterocycles. The van der Waals surface area contributed by atoms with E-state index in [2.05, 4.69) is 32.4 Å². The van der Waals surface area contributed by atoms with Gasteiger partial charge in [-0.2, -0.15) is 5.10 Å². The van der Waals surface area contributed by atoms with Crippen molar-refractivity contribution in [1.29, 1.82) is 0 Å². The number of H-pyrrole nitrogens is 1. The molecule has 7 nitrogen and oxygen atoms in total. The SMILES string of the molecule is CCCc1cc(C(=O)NC(C)c2ncn[nH]2)cc(N)n1. The van der Waals surface area contributed by atoms with Crippen molar-refractivity contribution in [3.8, 4) is 0 Å². The molecule has 0 aromatic carbocycles. The van der Waals surface area contributed by atoms with Crippen molar-refractivity contribution >= 4 is 11.7 Å². The maximum Gasteiger partial charge on any atom is 0.252 e. The number of nitrogen functional groups attached to an aromatic ring is 1. The van der Waals surface area contributed by atoms with E-state index in [4.69, 9.17) is 5.73 Å². The number of carbonyl (C=O) groups is 1. The fourth-order valence-electron chi connectivity index (χ4n) is 1.90. The summed E-state index contributed by atoms with van der Waals surface area (Å²) in [6.07, 6.45) is 3.15. The Hall–Kier alpha value is -2.44. The lowest BCUT2D eigenvalue weighted by molar-refractivity contribution is 0.0938. The molecule has 1 atom stereocenters. The molecule has 0 fully saturated rings. The van der Waals surface area contributed by atoms with Crippen LogP contribution >= 0.6 is 0 Å². The van der Waals surface area contributed by atoms with Gasteiger partial charge < -0.3 is 11.1 Å². The number of pyridine rings is 1. The van der Waals surface area contributed by atoms with Gasteiger partial charge in [0.05, 0.1) is 6.04 Å². The number of amides is 1. The first kappa shape index (κ1) is 14.0. The molecule has 106 valence electrons. The van der Waals surface area contributed by atoms with E-state index in [1.165, 1.54) is 6.33 Å². The molecule has 2 rings (SSSR count). The van der Waals surface area contributed by atoms with Crippen molar-refractivity contribution in [1.82, 2.24) is 25.5 Å². The van der Waals surface area contributed by atoms with E-state index in [1.807, 2.05) is 6.92 Å². The van der Waals surface area contributed by atoms with Crippen molar-refractivity contribution < 1.29 is 4.79 Å². The van der Waals surface area contributed by atoms with E-state index in [-0.39, 0.29) is 11.9 Å². The Bertz CT molecular complexity index is 581. The number of aromatic nitrogens is 4. The standard InChI is InChI=1S/C13H18N6O/c1-3-4-10-5-9(6-11(14)18-10)13(20)17-8(2)12-15-7-16-19-12/h5-8H,3-4H2,1-2H3,(H2,14,18)(H,17,20)(H,15,16,19). The van der Waals surface area contributed by atoms with Crippen molar-refractivity contribution in [3.05, 3.63) is 35.5 Å². The third kappa shape index (κ3) is 3.31. The number of nitrogens with zero attached hydrogens (tertiary/aromatic N) is 3. The van der Waals surface area contributed by atoms with Gasteiger partial charge in [-0.05, 0) is 25.5 Å². The molecule has 2 aromatic heterocycles. The summed E-state index contributed by atoms with van der Waals surface area (Å²) in [5.41, 5.74) is 7.06. The first-order valence-electron chi connectivity index (χ1n) is 6.52. The number of rotatable bonds is 5. The highest BCUT2D eigenvalue weighted by molar-refractivity contribution is 5.95. The summed E-state index contributed by atoms with van der Waals surface area (Å²) in [5, 5.41) is 9.32. The van der Waals surface area contributed by atoms with Crippen LogP contribution in [0.2, 0.25) is 0 Å². The quantitative estimate of drug-likeness (QED) is 0.759. The number of hydrogen-bond donors (Lipinski definition) is 3. The monoisotopic (exact) mass is 274 g/mol. The number of aromatic amines is 1. The van der Waals surface area contributed by atoms with Crippen LogP contribution in [0.4, 0.5) is 5.82 Å². The average Bonchev–Trinajstić information content (AvgIpc) is 2.92. The molecule has 1 unspecified atom stereocenters. The first-order valence-corrected chi connectivity index (χ1v) is 6.52. The molecule has 2 aromatic rings. The van der Waals surface area contributed by atoms with Gasteiger partial charge >= 0.3 is 0 Å². The zero-order chi connectivity index (χ0) is 14.5. The molecule has 0 saturated carbocycles. The fourth-order valence-corrected chi connectivity index (χ4v) is 1.90. The summed E-state index contributed by atoms with van der Waals surface area (Å²) in [4.78, 5) is 20.4. The summed E-state index contributed by atoms with van der Waals surface area (Å²) in [6.45, 7) is 3.88. The Kier molecular flexibility index (Phi) is 4.29. The van der Waals surface area contributed by atoms with Crippen LogP contribution in [0.3, 0.4) is 0 Å². The van der Waals surface area contributed by atoms with Crippen LogP contribution in [0.5, 0.6) is 0 Å². The topological polar surface area (TPSA) is 110 Å². The van der Waals surface area contributed by atoms with Gasteiger partial charge in [-0.25, -0.2) is 9.97 Å². The van der Waals surface area contributed by atoms with Crippen LogP contribution in [0.25, 0.3) is 0 Å². The number of nitrogens with two attached hydrogens (primary N) is 1. The first-order chi connectivity index (χ1) is 9.60. The Morgan fingerprint density at radius 2 is 2.30 bits per heavy atom. The molecule has 0 spiro atoms. The summed E-state index contributed by atoms with van der Waals surface area (Å²) in [5.74, 6) is 0.753. The van der Waals surface area contributed by atoms with Gasteiger partial charge in [0.2, 0.25) is 0 Å².